The summed E-state index contributed by atoms with van der Waals surface area (Å²) in [5.74, 6) is 0.883. The zero-order valence-corrected chi connectivity index (χ0v) is 11.3. The monoisotopic (exact) mass is 254 g/mol. The molecule has 0 heterocycles. The number of Topliss-reactive ketones (excluding diaryl/α,β-unsaturated/α-hetero) is 1. The second kappa shape index (κ2) is 6.19. The van der Waals surface area contributed by atoms with Crippen molar-refractivity contribution in [2.75, 3.05) is 6.61 Å². The second-order valence-electron chi connectivity index (χ2n) is 4.69. The van der Waals surface area contributed by atoms with Gasteiger partial charge in [0.15, 0.2) is 5.78 Å². The van der Waals surface area contributed by atoms with Crippen molar-refractivity contribution in [1.82, 2.24) is 0 Å². The standard InChI is InChI=1S/C17H18O2/c1-13-7-6-10-17(14(13)2)19-12-16(18)11-15-8-4-3-5-9-15/h3-10H,11-12H2,1-2H3. The number of rotatable bonds is 5. The molecule has 0 amide bonds. The molecule has 0 atom stereocenters. The maximum atomic E-state index is 11.9. The van der Waals surface area contributed by atoms with Crippen molar-refractivity contribution in [3.05, 3.63) is 65.2 Å². The van der Waals surface area contributed by atoms with Crippen LogP contribution in [0.5, 0.6) is 5.75 Å². The highest BCUT2D eigenvalue weighted by atomic mass is 16.5. The summed E-state index contributed by atoms with van der Waals surface area (Å²) in [6.45, 7) is 4.17. The quantitative estimate of drug-likeness (QED) is 0.816. The third kappa shape index (κ3) is 3.68. The van der Waals surface area contributed by atoms with Gasteiger partial charge in [-0.05, 0) is 36.6 Å². The molecule has 2 nitrogen and oxygen atoms in total. The van der Waals surface area contributed by atoms with Crippen LogP contribution in [0.25, 0.3) is 0 Å². The summed E-state index contributed by atoms with van der Waals surface area (Å²) in [5, 5.41) is 0. The minimum atomic E-state index is 0.0899. The van der Waals surface area contributed by atoms with Crippen molar-refractivity contribution in [3.63, 3.8) is 0 Å². The van der Waals surface area contributed by atoms with Gasteiger partial charge in [-0.15, -0.1) is 0 Å². The third-order valence-corrected chi connectivity index (χ3v) is 3.19. The van der Waals surface area contributed by atoms with E-state index in [1.807, 2.05) is 62.4 Å². The van der Waals surface area contributed by atoms with E-state index in [9.17, 15) is 4.79 Å². The van der Waals surface area contributed by atoms with Gasteiger partial charge in [-0.1, -0.05) is 42.5 Å². The van der Waals surface area contributed by atoms with Crippen molar-refractivity contribution >= 4 is 5.78 Å². The predicted octanol–water partition coefficient (Wildman–Crippen LogP) is 3.49. The molecule has 0 fully saturated rings. The Morgan fingerprint density at radius 1 is 1.00 bits per heavy atom. The molecule has 2 aromatic carbocycles. The number of ether oxygens (including phenoxy) is 1. The van der Waals surface area contributed by atoms with E-state index < -0.39 is 0 Å². The second-order valence-corrected chi connectivity index (χ2v) is 4.69. The SMILES string of the molecule is Cc1cccc(OCC(=O)Cc2ccccc2)c1C. The number of aryl methyl sites for hydroxylation is 1. The van der Waals surface area contributed by atoms with Crippen LogP contribution >= 0.6 is 0 Å². The molecule has 0 aliphatic carbocycles. The van der Waals surface area contributed by atoms with E-state index in [1.54, 1.807) is 0 Å². The van der Waals surface area contributed by atoms with Crippen LogP contribution in [0.4, 0.5) is 0 Å². The molecule has 0 aliphatic rings. The predicted molar refractivity (Wildman–Crippen MR) is 76.6 cm³/mol. The van der Waals surface area contributed by atoms with Gasteiger partial charge in [-0.25, -0.2) is 0 Å². The van der Waals surface area contributed by atoms with Crippen LogP contribution in [0, 0.1) is 13.8 Å². The Morgan fingerprint density at radius 2 is 1.74 bits per heavy atom. The molecule has 0 N–H and O–H groups in total. The van der Waals surface area contributed by atoms with Crippen molar-refractivity contribution in [2.45, 2.75) is 20.3 Å². The Labute approximate surface area is 114 Å². The summed E-state index contributed by atoms with van der Waals surface area (Å²) in [5.41, 5.74) is 3.29. The molecule has 0 spiro atoms. The molecular formula is C17H18O2. The topological polar surface area (TPSA) is 26.3 Å². The zero-order chi connectivity index (χ0) is 13.7. The van der Waals surface area contributed by atoms with Crippen molar-refractivity contribution in [2.24, 2.45) is 0 Å². The molecule has 2 rings (SSSR count). The summed E-state index contributed by atoms with van der Waals surface area (Å²) in [6.07, 6.45) is 0.422. The molecular weight excluding hydrogens is 236 g/mol. The molecule has 0 saturated carbocycles. The minimum absolute atomic E-state index is 0.0899. The summed E-state index contributed by atoms with van der Waals surface area (Å²) in [4.78, 5) is 11.9. The van der Waals surface area contributed by atoms with Crippen LogP contribution in [-0.2, 0) is 11.2 Å². The average Bonchev–Trinajstić information content (AvgIpc) is 2.42. The minimum Gasteiger partial charge on any atom is -0.486 e. The van der Waals surface area contributed by atoms with Gasteiger partial charge >= 0.3 is 0 Å². The number of hydrogen-bond acceptors (Lipinski definition) is 2. The lowest BCUT2D eigenvalue weighted by Crippen LogP contribution is -2.14. The number of carbonyl (C=O) groups is 1. The summed E-state index contributed by atoms with van der Waals surface area (Å²) >= 11 is 0. The van der Waals surface area contributed by atoms with E-state index in [0.717, 1.165) is 16.9 Å². The number of ketones is 1. The fraction of sp³-hybridized carbons (Fsp3) is 0.235. The van der Waals surface area contributed by atoms with Crippen LogP contribution in [0.3, 0.4) is 0 Å². The average molecular weight is 254 g/mol. The largest absolute Gasteiger partial charge is 0.486 e. The molecule has 0 aromatic heterocycles. The van der Waals surface area contributed by atoms with E-state index in [2.05, 4.69) is 0 Å². The first-order valence-corrected chi connectivity index (χ1v) is 6.41. The van der Waals surface area contributed by atoms with Crippen LogP contribution in [0.15, 0.2) is 48.5 Å². The van der Waals surface area contributed by atoms with Gasteiger partial charge in [0.05, 0.1) is 0 Å². The molecule has 0 aliphatic heterocycles. The molecule has 2 heteroatoms. The zero-order valence-electron chi connectivity index (χ0n) is 11.3. The Balaban J connectivity index is 1.92. The molecule has 0 radical (unpaired) electrons. The highest BCUT2D eigenvalue weighted by molar-refractivity contribution is 5.82. The maximum Gasteiger partial charge on any atom is 0.174 e. The maximum absolute atomic E-state index is 11.9. The summed E-state index contributed by atoms with van der Waals surface area (Å²) in [6, 6.07) is 15.6. The van der Waals surface area contributed by atoms with Crippen molar-refractivity contribution < 1.29 is 9.53 Å². The van der Waals surface area contributed by atoms with Crippen LogP contribution in [0.1, 0.15) is 16.7 Å². The van der Waals surface area contributed by atoms with Crippen LogP contribution < -0.4 is 4.74 Å². The van der Waals surface area contributed by atoms with Gasteiger partial charge in [0, 0.05) is 6.42 Å². The highest BCUT2D eigenvalue weighted by Crippen LogP contribution is 2.20. The molecule has 98 valence electrons. The molecule has 0 unspecified atom stereocenters. The van der Waals surface area contributed by atoms with Gasteiger partial charge in [0.2, 0.25) is 0 Å². The first kappa shape index (κ1) is 13.3. The fourth-order valence-electron chi connectivity index (χ4n) is 1.91. The first-order valence-electron chi connectivity index (χ1n) is 6.41. The van der Waals surface area contributed by atoms with Gasteiger partial charge < -0.3 is 4.74 Å². The van der Waals surface area contributed by atoms with E-state index in [0.29, 0.717) is 6.42 Å². The first-order chi connectivity index (χ1) is 9.16. The van der Waals surface area contributed by atoms with Crippen LogP contribution in [0.2, 0.25) is 0 Å². The Morgan fingerprint density at radius 3 is 2.47 bits per heavy atom. The third-order valence-electron chi connectivity index (χ3n) is 3.19. The molecule has 0 bridgehead atoms. The summed E-state index contributed by atoms with van der Waals surface area (Å²) in [7, 11) is 0. The van der Waals surface area contributed by atoms with Crippen molar-refractivity contribution in [3.8, 4) is 5.75 Å². The van der Waals surface area contributed by atoms with E-state index in [4.69, 9.17) is 4.74 Å². The van der Waals surface area contributed by atoms with E-state index in [-0.39, 0.29) is 12.4 Å². The van der Waals surface area contributed by atoms with Crippen LogP contribution in [-0.4, -0.2) is 12.4 Å². The fourth-order valence-corrected chi connectivity index (χ4v) is 1.91. The lowest BCUT2D eigenvalue weighted by atomic mass is 10.1. The molecule has 2 aromatic rings. The Kier molecular flexibility index (Phi) is 4.35. The van der Waals surface area contributed by atoms with E-state index >= 15 is 0 Å². The lowest BCUT2D eigenvalue weighted by Gasteiger charge is -2.10. The van der Waals surface area contributed by atoms with E-state index in [1.165, 1.54) is 5.56 Å². The summed E-state index contributed by atoms with van der Waals surface area (Å²) < 4.78 is 5.60. The van der Waals surface area contributed by atoms with Gasteiger partial charge in [-0.3, -0.25) is 4.79 Å². The van der Waals surface area contributed by atoms with Gasteiger partial charge in [-0.2, -0.15) is 0 Å². The van der Waals surface area contributed by atoms with Gasteiger partial charge in [0.1, 0.15) is 12.4 Å². The molecule has 0 saturated heterocycles. The van der Waals surface area contributed by atoms with Crippen molar-refractivity contribution in [1.29, 1.82) is 0 Å². The smallest absolute Gasteiger partial charge is 0.174 e. The van der Waals surface area contributed by atoms with Gasteiger partial charge in [0.25, 0.3) is 0 Å². The normalized spacial score (nSPS) is 10.2. The number of carbonyl (C=O) groups excluding carboxylic acids is 1. The lowest BCUT2D eigenvalue weighted by molar-refractivity contribution is -0.120. The number of benzene rings is 2. The Bertz CT molecular complexity index is 559. The Hall–Kier alpha value is -2.09. The number of hydrogen-bond donors (Lipinski definition) is 0. The highest BCUT2D eigenvalue weighted by Gasteiger charge is 2.07. The molecule has 19 heavy (non-hydrogen) atoms.